The molecule has 2 nitrogen and oxygen atoms in total. The highest BCUT2D eigenvalue weighted by Gasteiger charge is 2.42. The van der Waals surface area contributed by atoms with Crippen molar-refractivity contribution in [3.8, 4) is 27.9 Å². The van der Waals surface area contributed by atoms with Gasteiger partial charge in [-0.1, -0.05) is 152 Å². The van der Waals surface area contributed by atoms with Gasteiger partial charge in [-0.2, -0.15) is 0 Å². The van der Waals surface area contributed by atoms with Gasteiger partial charge in [-0.3, -0.25) is 0 Å². The summed E-state index contributed by atoms with van der Waals surface area (Å²) in [4.78, 5) is 2.62. The van der Waals surface area contributed by atoms with Crippen LogP contribution in [0.3, 0.4) is 0 Å². The minimum absolute atomic E-state index is 0.0287. The quantitative estimate of drug-likeness (QED) is 0.171. The molecule has 2 heteroatoms. The fourth-order valence-corrected chi connectivity index (χ4v) is 14.2. The molecule has 7 aromatic carbocycles. The van der Waals surface area contributed by atoms with Crippen LogP contribution in [0.15, 0.2) is 175 Å². The maximum absolute atomic E-state index is 2.62. The predicted octanol–water partition coefficient (Wildman–Crippen LogP) is 17.4. The van der Waals surface area contributed by atoms with Gasteiger partial charge in [0.1, 0.15) is 0 Å². The van der Waals surface area contributed by atoms with E-state index in [0.717, 1.165) is 25.7 Å². The molecule has 2 heterocycles. The smallest absolute Gasteiger partial charge is 0.0582 e. The number of para-hydroxylation sites is 1. The molecule has 0 saturated carbocycles. The van der Waals surface area contributed by atoms with Crippen molar-refractivity contribution in [1.82, 2.24) is 4.57 Å². The highest BCUT2D eigenvalue weighted by atomic mass is 15.2. The van der Waals surface area contributed by atoms with Gasteiger partial charge in [-0.25, -0.2) is 0 Å². The van der Waals surface area contributed by atoms with Crippen LogP contribution in [-0.4, -0.2) is 4.57 Å². The van der Waals surface area contributed by atoms with Crippen molar-refractivity contribution in [2.45, 2.75) is 103 Å². The molecule has 1 aromatic heterocycles. The van der Waals surface area contributed by atoms with Crippen LogP contribution in [-0.2, 0) is 21.7 Å². The molecular weight excluding hydrogens is 821 g/mol. The van der Waals surface area contributed by atoms with E-state index in [4.69, 9.17) is 0 Å². The maximum atomic E-state index is 2.62. The van der Waals surface area contributed by atoms with Crippen LogP contribution in [0.5, 0.6) is 0 Å². The Morgan fingerprint density at radius 2 is 1.07 bits per heavy atom. The molecule has 5 aliphatic carbocycles. The maximum Gasteiger partial charge on any atom is 0.0582 e. The predicted molar refractivity (Wildman–Crippen MR) is 287 cm³/mol. The second kappa shape index (κ2) is 13.4. The number of allylic oxidation sites excluding steroid dienone is 8. The number of hydrogen-bond donors (Lipinski definition) is 0. The number of hydrogen-bond acceptors (Lipinski definition) is 1. The molecule has 332 valence electrons. The van der Waals surface area contributed by atoms with Crippen molar-refractivity contribution < 1.29 is 0 Å². The number of fused-ring (bicyclic) bond motifs is 12. The second-order valence-corrected chi connectivity index (χ2v) is 22.8. The first-order chi connectivity index (χ1) is 32.7. The summed E-state index contributed by atoms with van der Waals surface area (Å²) in [6, 6.07) is 54.4. The van der Waals surface area contributed by atoms with Crippen LogP contribution in [0.2, 0.25) is 0 Å². The Bertz CT molecular complexity index is 3730. The Kier molecular flexibility index (Phi) is 7.93. The van der Waals surface area contributed by atoms with E-state index in [9.17, 15) is 0 Å². The van der Waals surface area contributed by atoms with E-state index >= 15 is 0 Å². The Morgan fingerprint density at radius 3 is 1.90 bits per heavy atom. The Balaban J connectivity index is 1.01. The van der Waals surface area contributed by atoms with Crippen LogP contribution < -0.4 is 4.90 Å². The van der Waals surface area contributed by atoms with E-state index in [0.29, 0.717) is 0 Å². The summed E-state index contributed by atoms with van der Waals surface area (Å²) in [6.45, 7) is 19.3. The Morgan fingerprint density at radius 1 is 0.441 bits per heavy atom. The summed E-state index contributed by atoms with van der Waals surface area (Å²) in [5, 5.41) is 2.61. The highest BCUT2D eigenvalue weighted by Crippen LogP contribution is 2.56. The molecule has 14 rings (SSSR count). The third-order valence-corrected chi connectivity index (χ3v) is 17.8. The van der Waals surface area contributed by atoms with Gasteiger partial charge in [0.05, 0.1) is 16.7 Å². The fourth-order valence-electron chi connectivity index (χ4n) is 14.2. The lowest BCUT2D eigenvalue weighted by Gasteiger charge is -2.35. The van der Waals surface area contributed by atoms with Crippen LogP contribution in [0.25, 0.3) is 60.9 Å². The highest BCUT2D eigenvalue weighted by molar-refractivity contribution is 6.14. The standard InChI is InChI=1S/C66H58N2/c1-63(2)54-22-14-11-19-46(54)49-36-41(27-31-55(49)63)67(43-26-30-48-45-18-10-13-21-53(45)65(5,6)58(48)38-43)42-28-32-60-50(37-42)51-33-40(35-59-62(51)68(60)61-24-16-15-23-56(61)66(59,7)8)39-25-29-47-44-17-9-12-20-52(44)64(3,4)57(47)34-39/h10-16,18-25,27-29,31-38H,9,17,26,30H2,1-8H3. The van der Waals surface area contributed by atoms with E-state index in [-0.39, 0.29) is 21.7 Å². The molecule has 1 aliphatic heterocycles. The number of aromatic nitrogens is 1. The number of nitrogens with zero attached hydrogens (tertiary/aromatic N) is 2. The summed E-state index contributed by atoms with van der Waals surface area (Å²) in [6.07, 6.45) is 11.6. The van der Waals surface area contributed by atoms with E-state index in [1.165, 1.54) is 128 Å². The molecule has 0 spiro atoms. The van der Waals surface area contributed by atoms with E-state index in [2.05, 4.69) is 223 Å². The van der Waals surface area contributed by atoms with Gasteiger partial charge in [-0.15, -0.1) is 0 Å². The summed E-state index contributed by atoms with van der Waals surface area (Å²) < 4.78 is 2.58. The molecule has 0 N–H and O–H groups in total. The van der Waals surface area contributed by atoms with Gasteiger partial charge in [0.15, 0.2) is 0 Å². The molecule has 0 fully saturated rings. The Hall–Kier alpha value is -6.90. The van der Waals surface area contributed by atoms with Gasteiger partial charge in [-0.05, 0) is 175 Å². The molecule has 0 radical (unpaired) electrons. The largest absolute Gasteiger partial charge is 0.314 e. The SMILES string of the molecule is CC1(C)C2=C(CCC=C2)c2ccc(-c3cc4c5c(c3)c3cc(N(C6=CC7=C(CC6)c6ccccc6C7(C)C)c6ccc7c(c6)-c6ccccc6C7(C)C)ccc3n5-c3ccccc3C4(C)C)cc21. The average molecular weight is 879 g/mol. The molecule has 6 aliphatic rings. The first kappa shape index (κ1) is 40.2. The lowest BCUT2D eigenvalue weighted by Crippen LogP contribution is -2.26. The topological polar surface area (TPSA) is 8.17 Å². The summed E-state index contributed by atoms with van der Waals surface area (Å²) >= 11 is 0. The summed E-state index contributed by atoms with van der Waals surface area (Å²) in [5.74, 6) is 0. The van der Waals surface area contributed by atoms with E-state index < -0.39 is 0 Å². The first-order valence-corrected chi connectivity index (χ1v) is 25.1. The number of benzene rings is 7. The van der Waals surface area contributed by atoms with Gasteiger partial charge in [0.25, 0.3) is 0 Å². The fraction of sp³-hybridized carbons (Fsp3) is 0.242. The van der Waals surface area contributed by atoms with Crippen molar-refractivity contribution in [1.29, 1.82) is 0 Å². The summed E-state index contributed by atoms with van der Waals surface area (Å²) in [5.41, 5.74) is 29.9. The van der Waals surface area contributed by atoms with Crippen LogP contribution in [0, 0.1) is 0 Å². The molecule has 0 unspecified atom stereocenters. The number of rotatable bonds is 4. The van der Waals surface area contributed by atoms with E-state index in [1.807, 2.05) is 0 Å². The lowest BCUT2D eigenvalue weighted by molar-refractivity contribution is 0.630. The first-order valence-electron chi connectivity index (χ1n) is 25.1. The van der Waals surface area contributed by atoms with Crippen LogP contribution in [0.4, 0.5) is 11.4 Å². The lowest BCUT2D eigenvalue weighted by atomic mass is 9.73. The monoisotopic (exact) mass is 878 g/mol. The zero-order valence-corrected chi connectivity index (χ0v) is 40.7. The molecule has 0 amide bonds. The Labute approximate surface area is 401 Å². The zero-order valence-electron chi connectivity index (χ0n) is 40.7. The number of anilines is 2. The second-order valence-electron chi connectivity index (χ2n) is 22.8. The van der Waals surface area contributed by atoms with Crippen LogP contribution >= 0.6 is 0 Å². The molecule has 0 saturated heterocycles. The average Bonchev–Trinajstić information content (AvgIpc) is 3.97. The summed E-state index contributed by atoms with van der Waals surface area (Å²) in [7, 11) is 0. The molecule has 68 heavy (non-hydrogen) atoms. The van der Waals surface area contributed by atoms with Gasteiger partial charge in [0.2, 0.25) is 0 Å². The third-order valence-electron chi connectivity index (χ3n) is 17.8. The van der Waals surface area contributed by atoms with E-state index in [1.54, 1.807) is 5.57 Å². The minimum atomic E-state index is -0.204. The van der Waals surface area contributed by atoms with Crippen molar-refractivity contribution in [3.63, 3.8) is 0 Å². The molecule has 8 aromatic rings. The molecule has 0 bridgehead atoms. The minimum Gasteiger partial charge on any atom is -0.314 e. The molecular formula is C66H58N2. The van der Waals surface area contributed by atoms with Crippen LogP contribution in [0.1, 0.15) is 126 Å². The van der Waals surface area contributed by atoms with Crippen molar-refractivity contribution in [3.05, 3.63) is 219 Å². The van der Waals surface area contributed by atoms with Crippen molar-refractivity contribution in [2.24, 2.45) is 0 Å². The van der Waals surface area contributed by atoms with Gasteiger partial charge < -0.3 is 9.47 Å². The zero-order chi connectivity index (χ0) is 46.2. The van der Waals surface area contributed by atoms with Gasteiger partial charge >= 0.3 is 0 Å². The van der Waals surface area contributed by atoms with Crippen molar-refractivity contribution in [2.75, 3.05) is 4.90 Å². The molecule has 0 atom stereocenters. The third kappa shape index (κ3) is 5.14. The van der Waals surface area contributed by atoms with Crippen molar-refractivity contribution >= 4 is 44.3 Å². The van der Waals surface area contributed by atoms with Gasteiger partial charge in [0, 0.05) is 49.5 Å². The normalized spacial score (nSPS) is 19.0.